The third kappa shape index (κ3) is 6.34. The van der Waals surface area contributed by atoms with E-state index < -0.39 is 0 Å². The van der Waals surface area contributed by atoms with E-state index in [2.05, 4.69) is 0 Å². The van der Waals surface area contributed by atoms with Crippen molar-refractivity contribution in [3.63, 3.8) is 0 Å². The van der Waals surface area contributed by atoms with E-state index in [1.165, 1.54) is 0 Å². The summed E-state index contributed by atoms with van der Waals surface area (Å²) in [6, 6.07) is 0. The van der Waals surface area contributed by atoms with Crippen LogP contribution in [-0.2, 0) is 9.53 Å². The molecular weight excluding hydrogens is 164 g/mol. The lowest BCUT2D eigenvalue weighted by Gasteiger charge is -2.02. The molecule has 0 rings (SSSR count). The summed E-state index contributed by atoms with van der Waals surface area (Å²) in [4.78, 5) is 10.9. The molecule has 0 spiro atoms. The topological polar surface area (TPSA) is 46.5 Å². The van der Waals surface area contributed by atoms with E-state index in [9.17, 15) is 4.79 Å². The zero-order valence-electron chi connectivity index (χ0n) is 6.87. The lowest BCUT2D eigenvalue weighted by molar-refractivity contribution is -0.113. The fourth-order valence-corrected chi connectivity index (χ4v) is 1.04. The predicted molar refractivity (Wildman–Crippen MR) is 45.3 cm³/mol. The van der Waals surface area contributed by atoms with E-state index in [4.69, 9.17) is 9.84 Å². The number of carbonyl (C=O) groups excluding carboxylic acids is 1. The molecule has 0 aromatic carbocycles. The van der Waals surface area contributed by atoms with Crippen molar-refractivity contribution in [1.29, 1.82) is 0 Å². The molecule has 0 unspecified atom stereocenters. The Morgan fingerprint density at radius 1 is 1.64 bits per heavy atom. The van der Waals surface area contributed by atoms with Crippen molar-refractivity contribution in [3.05, 3.63) is 0 Å². The number of rotatable bonds is 5. The van der Waals surface area contributed by atoms with Gasteiger partial charge in [0.15, 0.2) is 5.12 Å². The van der Waals surface area contributed by atoms with Gasteiger partial charge in [0.1, 0.15) is 0 Å². The van der Waals surface area contributed by atoms with Crippen LogP contribution in [0.15, 0.2) is 0 Å². The predicted octanol–water partition coefficient (Wildman–Crippen LogP) is 0.869. The zero-order valence-corrected chi connectivity index (χ0v) is 7.69. The smallest absolute Gasteiger partial charge is 0.193 e. The quantitative estimate of drug-likeness (QED) is 0.501. The van der Waals surface area contributed by atoms with Crippen LogP contribution < -0.4 is 0 Å². The second-order valence-electron chi connectivity index (χ2n) is 2.37. The van der Waals surface area contributed by atoms with Crippen LogP contribution in [0.5, 0.6) is 0 Å². The van der Waals surface area contributed by atoms with Crippen LogP contribution in [0.3, 0.4) is 0 Å². The highest BCUT2D eigenvalue weighted by molar-refractivity contribution is 8.13. The van der Waals surface area contributed by atoms with Crippen molar-refractivity contribution in [1.82, 2.24) is 0 Å². The number of aliphatic hydroxyl groups excluding tert-OH is 1. The van der Waals surface area contributed by atoms with Gasteiger partial charge in [-0.2, -0.15) is 0 Å². The molecule has 0 aromatic rings. The van der Waals surface area contributed by atoms with Crippen LogP contribution in [0.4, 0.5) is 0 Å². The Balaban J connectivity index is 3.18. The third-order valence-electron chi connectivity index (χ3n) is 0.992. The van der Waals surface area contributed by atoms with Gasteiger partial charge in [-0.25, -0.2) is 0 Å². The minimum absolute atomic E-state index is 0.0103. The van der Waals surface area contributed by atoms with E-state index in [1.54, 1.807) is 0 Å². The fourth-order valence-electron chi connectivity index (χ4n) is 0.390. The molecule has 0 aliphatic carbocycles. The first-order chi connectivity index (χ1) is 5.18. The second-order valence-corrected chi connectivity index (χ2v) is 3.29. The summed E-state index contributed by atoms with van der Waals surface area (Å²) in [5.74, 6) is 0.398. The maximum atomic E-state index is 10.9. The maximum absolute atomic E-state index is 10.9. The first kappa shape index (κ1) is 10.9. The molecule has 0 aliphatic heterocycles. The molecule has 0 bridgehead atoms. The Morgan fingerprint density at radius 2 is 2.27 bits per heavy atom. The summed E-state index contributed by atoms with van der Waals surface area (Å²) in [6.45, 7) is 4.01. The van der Waals surface area contributed by atoms with Crippen molar-refractivity contribution >= 4 is 16.9 Å². The highest BCUT2D eigenvalue weighted by atomic mass is 32.2. The summed E-state index contributed by atoms with van der Waals surface area (Å²) < 4.78 is 4.90. The maximum Gasteiger partial charge on any atom is 0.193 e. The van der Waals surface area contributed by atoms with E-state index in [1.807, 2.05) is 13.8 Å². The average Bonchev–Trinajstić information content (AvgIpc) is 1.97. The number of hydrogen-bond donors (Lipinski definition) is 1. The van der Waals surface area contributed by atoms with Gasteiger partial charge in [0, 0.05) is 5.92 Å². The van der Waals surface area contributed by atoms with Crippen molar-refractivity contribution in [3.8, 4) is 0 Å². The molecule has 0 fully saturated rings. The molecule has 0 heterocycles. The first-order valence-electron chi connectivity index (χ1n) is 3.53. The minimum atomic E-state index is 0.0103. The van der Waals surface area contributed by atoms with Gasteiger partial charge in [0.2, 0.25) is 0 Å². The monoisotopic (exact) mass is 178 g/mol. The summed E-state index contributed by atoms with van der Waals surface area (Å²) in [6.07, 6.45) is 0. The summed E-state index contributed by atoms with van der Waals surface area (Å²) in [7, 11) is 0. The Kier molecular flexibility index (Phi) is 6.60. The van der Waals surface area contributed by atoms with Crippen molar-refractivity contribution in [2.75, 3.05) is 19.2 Å². The molecule has 0 amide bonds. The third-order valence-corrected chi connectivity index (χ3v) is 2.03. The highest BCUT2D eigenvalue weighted by Gasteiger charge is 2.06. The van der Waals surface area contributed by atoms with Gasteiger partial charge in [-0.05, 0) is 0 Å². The first-order valence-corrected chi connectivity index (χ1v) is 4.52. The zero-order chi connectivity index (χ0) is 8.69. The normalized spacial score (nSPS) is 10.5. The standard InChI is InChI=1S/C7H14O3S/c1-6(2)7(9)11-5-10-4-3-8/h6,8H,3-5H2,1-2H3. The second kappa shape index (κ2) is 6.64. The van der Waals surface area contributed by atoms with Crippen LogP contribution in [0.25, 0.3) is 0 Å². The Bertz CT molecular complexity index is 114. The van der Waals surface area contributed by atoms with E-state index >= 15 is 0 Å². The van der Waals surface area contributed by atoms with Crippen LogP contribution in [0, 0.1) is 5.92 Å². The van der Waals surface area contributed by atoms with Gasteiger partial charge < -0.3 is 9.84 Å². The van der Waals surface area contributed by atoms with Crippen LogP contribution in [0.1, 0.15) is 13.8 Å². The number of ether oxygens (including phenoxy) is 1. The molecule has 0 aliphatic rings. The molecule has 0 aromatic heterocycles. The SMILES string of the molecule is CC(C)C(=O)SCOCCO. The highest BCUT2D eigenvalue weighted by Crippen LogP contribution is 2.09. The molecule has 0 radical (unpaired) electrons. The van der Waals surface area contributed by atoms with Gasteiger partial charge >= 0.3 is 0 Å². The molecule has 66 valence electrons. The van der Waals surface area contributed by atoms with Gasteiger partial charge in [-0.15, -0.1) is 0 Å². The lowest BCUT2D eigenvalue weighted by Crippen LogP contribution is -2.05. The van der Waals surface area contributed by atoms with Crippen LogP contribution in [-0.4, -0.2) is 29.4 Å². The van der Waals surface area contributed by atoms with Crippen LogP contribution >= 0.6 is 11.8 Å². The Hall–Kier alpha value is -0.0600. The number of carbonyl (C=O) groups is 1. The van der Waals surface area contributed by atoms with E-state index in [0.717, 1.165) is 11.8 Å². The Morgan fingerprint density at radius 3 is 2.73 bits per heavy atom. The number of hydrogen-bond acceptors (Lipinski definition) is 4. The number of thioether (sulfide) groups is 1. The molecule has 0 atom stereocenters. The molecular formula is C7H14O3S. The molecule has 0 saturated heterocycles. The van der Waals surface area contributed by atoms with Crippen molar-refractivity contribution in [2.24, 2.45) is 5.92 Å². The van der Waals surface area contributed by atoms with Crippen LogP contribution in [0.2, 0.25) is 0 Å². The lowest BCUT2D eigenvalue weighted by atomic mass is 10.3. The summed E-state index contributed by atoms with van der Waals surface area (Å²) in [5, 5.41) is 8.45. The molecule has 1 N–H and O–H groups in total. The van der Waals surface area contributed by atoms with E-state index in [-0.39, 0.29) is 17.6 Å². The molecule has 3 nitrogen and oxygen atoms in total. The summed E-state index contributed by atoms with van der Waals surface area (Å²) >= 11 is 1.15. The summed E-state index contributed by atoms with van der Waals surface area (Å²) in [5.41, 5.74) is 0. The number of aliphatic hydroxyl groups is 1. The largest absolute Gasteiger partial charge is 0.394 e. The average molecular weight is 178 g/mol. The van der Waals surface area contributed by atoms with Gasteiger partial charge in [0.05, 0.1) is 19.2 Å². The molecule has 0 saturated carbocycles. The molecule has 4 heteroatoms. The van der Waals surface area contributed by atoms with Crippen molar-refractivity contribution < 1.29 is 14.6 Å². The van der Waals surface area contributed by atoms with Gasteiger partial charge in [0.25, 0.3) is 0 Å². The van der Waals surface area contributed by atoms with Gasteiger partial charge in [-0.3, -0.25) is 4.79 Å². The molecule has 11 heavy (non-hydrogen) atoms. The fraction of sp³-hybridized carbons (Fsp3) is 0.857. The van der Waals surface area contributed by atoms with E-state index in [0.29, 0.717) is 12.5 Å². The minimum Gasteiger partial charge on any atom is -0.394 e. The van der Waals surface area contributed by atoms with Crippen molar-refractivity contribution in [2.45, 2.75) is 13.8 Å². The Labute approximate surface area is 71.1 Å². The van der Waals surface area contributed by atoms with Gasteiger partial charge in [-0.1, -0.05) is 25.6 Å².